The Balaban J connectivity index is 1.65. The van der Waals surface area contributed by atoms with Gasteiger partial charge >= 0.3 is 6.03 Å². The number of aromatic nitrogens is 2. The second kappa shape index (κ2) is 7.12. The molecule has 1 atom stereocenters. The summed E-state index contributed by atoms with van der Waals surface area (Å²) >= 11 is 1.01. The highest BCUT2D eigenvalue weighted by Crippen LogP contribution is 2.44. The van der Waals surface area contributed by atoms with Crippen molar-refractivity contribution >= 4 is 33.0 Å². The summed E-state index contributed by atoms with van der Waals surface area (Å²) in [6, 6.07) is -0.761. The van der Waals surface area contributed by atoms with E-state index in [1.54, 1.807) is 19.2 Å². The summed E-state index contributed by atoms with van der Waals surface area (Å²) in [6.45, 7) is 5.10. The maximum absolute atomic E-state index is 12.8. The molecule has 2 aromatic heterocycles. The fourth-order valence-electron chi connectivity index (χ4n) is 3.59. The van der Waals surface area contributed by atoms with Crippen molar-refractivity contribution in [2.24, 2.45) is 9.50 Å². The van der Waals surface area contributed by atoms with E-state index in [0.717, 1.165) is 71.6 Å². The zero-order valence-corrected chi connectivity index (χ0v) is 18.3. The molecule has 0 saturated heterocycles. The van der Waals surface area contributed by atoms with Gasteiger partial charge in [-0.3, -0.25) is 4.98 Å². The topological polar surface area (TPSA) is 131 Å². The van der Waals surface area contributed by atoms with Gasteiger partial charge in [-0.2, -0.15) is 0 Å². The molecular formula is C19H25N5O3S2. The lowest BCUT2D eigenvalue weighted by Crippen LogP contribution is -2.20. The van der Waals surface area contributed by atoms with E-state index >= 15 is 0 Å². The van der Waals surface area contributed by atoms with E-state index in [-0.39, 0.29) is 4.34 Å². The van der Waals surface area contributed by atoms with Crippen LogP contribution in [0.2, 0.25) is 0 Å². The molecule has 0 aliphatic heterocycles. The van der Waals surface area contributed by atoms with Crippen LogP contribution < -0.4 is 10.5 Å². The van der Waals surface area contributed by atoms with Crippen molar-refractivity contribution in [3.8, 4) is 0 Å². The Morgan fingerprint density at radius 2 is 2.10 bits per heavy atom. The Labute approximate surface area is 174 Å². The SMILES string of the molecule is Cc1c(C2CC2)nc2c(c1NC(=O)N=[S@@](N)(=O)c1nc(C(C)(C)O)cs1)CCC2. The predicted molar refractivity (Wildman–Crippen MR) is 112 cm³/mol. The Morgan fingerprint density at radius 3 is 2.72 bits per heavy atom. The lowest BCUT2D eigenvalue weighted by atomic mass is 10.0. The first kappa shape index (κ1) is 20.4. The zero-order valence-electron chi connectivity index (χ0n) is 16.7. The van der Waals surface area contributed by atoms with Crippen LogP contribution in [-0.4, -0.2) is 25.3 Å². The molecule has 0 unspecified atom stereocenters. The first-order valence-corrected chi connectivity index (χ1v) is 12.1. The molecule has 2 aliphatic rings. The molecular weight excluding hydrogens is 410 g/mol. The summed E-state index contributed by atoms with van der Waals surface area (Å²) in [7, 11) is -3.52. The number of aliphatic hydroxyl groups is 1. The van der Waals surface area contributed by atoms with Gasteiger partial charge in [0, 0.05) is 22.7 Å². The summed E-state index contributed by atoms with van der Waals surface area (Å²) in [5, 5.41) is 20.3. The first-order chi connectivity index (χ1) is 13.6. The number of amides is 2. The van der Waals surface area contributed by atoms with Crippen LogP contribution in [0.3, 0.4) is 0 Å². The summed E-state index contributed by atoms with van der Waals surface area (Å²) in [5.41, 5.74) is 3.95. The quantitative estimate of drug-likeness (QED) is 0.678. The van der Waals surface area contributed by atoms with Gasteiger partial charge < -0.3 is 10.4 Å². The van der Waals surface area contributed by atoms with Crippen LogP contribution in [0.25, 0.3) is 0 Å². The summed E-state index contributed by atoms with van der Waals surface area (Å²) in [4.78, 5) is 21.6. The number of thiazole rings is 1. The fraction of sp³-hybridized carbons (Fsp3) is 0.526. The highest BCUT2D eigenvalue weighted by molar-refractivity contribution is 7.93. The number of aryl methyl sites for hydroxylation is 1. The van der Waals surface area contributed by atoms with E-state index in [1.165, 1.54) is 0 Å². The van der Waals surface area contributed by atoms with E-state index in [0.29, 0.717) is 11.6 Å². The van der Waals surface area contributed by atoms with Gasteiger partial charge in [0.2, 0.25) is 4.34 Å². The number of rotatable bonds is 4. The van der Waals surface area contributed by atoms with Crippen LogP contribution in [0, 0.1) is 6.92 Å². The zero-order chi connectivity index (χ0) is 21.0. The Kier molecular flexibility index (Phi) is 5.01. The minimum absolute atomic E-state index is 0.0140. The molecule has 0 radical (unpaired) electrons. The van der Waals surface area contributed by atoms with Gasteiger partial charge in [0.25, 0.3) is 0 Å². The van der Waals surface area contributed by atoms with Gasteiger partial charge in [-0.1, -0.05) is 0 Å². The minimum Gasteiger partial charge on any atom is -0.384 e. The number of anilines is 1. The highest BCUT2D eigenvalue weighted by atomic mass is 32.2. The fourth-order valence-corrected chi connectivity index (χ4v) is 5.70. The van der Waals surface area contributed by atoms with E-state index in [4.69, 9.17) is 10.1 Å². The number of urea groups is 1. The van der Waals surface area contributed by atoms with Crippen molar-refractivity contribution in [3.05, 3.63) is 33.6 Å². The number of hydrogen-bond acceptors (Lipinski definition) is 6. The predicted octanol–water partition coefficient (Wildman–Crippen LogP) is 3.37. The van der Waals surface area contributed by atoms with Gasteiger partial charge in [0.15, 0.2) is 9.92 Å². The average Bonchev–Trinajstić information content (AvgIpc) is 3.13. The molecule has 0 spiro atoms. The molecule has 2 amide bonds. The van der Waals surface area contributed by atoms with Gasteiger partial charge in [0.1, 0.15) is 5.60 Å². The molecule has 2 aromatic rings. The second-order valence-corrected chi connectivity index (χ2v) is 11.0. The number of nitrogens with two attached hydrogens (primary N) is 1. The third-order valence-electron chi connectivity index (χ3n) is 5.28. The van der Waals surface area contributed by atoms with Crippen molar-refractivity contribution in [2.45, 2.75) is 68.7 Å². The molecule has 0 bridgehead atoms. The number of nitrogens with one attached hydrogen (secondary N) is 1. The molecule has 4 N–H and O–H groups in total. The molecule has 8 nitrogen and oxygen atoms in total. The summed E-state index contributed by atoms with van der Waals surface area (Å²) < 4.78 is 16.6. The van der Waals surface area contributed by atoms with Crippen LogP contribution in [-0.2, 0) is 28.4 Å². The van der Waals surface area contributed by atoms with E-state index < -0.39 is 21.5 Å². The lowest BCUT2D eigenvalue weighted by molar-refractivity contribution is 0.0741. The van der Waals surface area contributed by atoms with Gasteiger partial charge in [0.05, 0.1) is 11.4 Å². The summed E-state index contributed by atoms with van der Waals surface area (Å²) in [5.74, 6) is 0.461. The van der Waals surface area contributed by atoms with Crippen LogP contribution >= 0.6 is 11.3 Å². The third kappa shape index (κ3) is 4.07. The van der Waals surface area contributed by atoms with Crippen LogP contribution in [0.15, 0.2) is 14.1 Å². The van der Waals surface area contributed by atoms with Gasteiger partial charge in [-0.15, -0.1) is 15.7 Å². The van der Waals surface area contributed by atoms with Gasteiger partial charge in [-0.25, -0.2) is 19.1 Å². The molecule has 10 heteroatoms. The smallest absolute Gasteiger partial charge is 0.354 e. The van der Waals surface area contributed by atoms with Crippen molar-refractivity contribution in [1.29, 1.82) is 0 Å². The number of pyridine rings is 1. The van der Waals surface area contributed by atoms with Gasteiger partial charge in [-0.05, 0) is 64.0 Å². The molecule has 2 aliphatic carbocycles. The molecule has 4 rings (SSSR count). The molecule has 2 heterocycles. The Bertz CT molecular complexity index is 1110. The Morgan fingerprint density at radius 1 is 1.38 bits per heavy atom. The number of nitrogens with zero attached hydrogens (tertiary/aromatic N) is 3. The minimum atomic E-state index is -3.52. The normalized spacial score (nSPS) is 18.2. The molecule has 1 saturated carbocycles. The van der Waals surface area contributed by atoms with E-state index in [2.05, 4.69) is 14.7 Å². The summed E-state index contributed by atoms with van der Waals surface area (Å²) in [6.07, 6.45) is 5.00. The molecule has 29 heavy (non-hydrogen) atoms. The number of hydrogen-bond donors (Lipinski definition) is 3. The first-order valence-electron chi connectivity index (χ1n) is 9.63. The maximum Gasteiger partial charge on any atom is 0.354 e. The van der Waals surface area contributed by atoms with Crippen molar-refractivity contribution in [3.63, 3.8) is 0 Å². The molecule has 0 aromatic carbocycles. The largest absolute Gasteiger partial charge is 0.384 e. The van der Waals surface area contributed by atoms with Crippen LogP contribution in [0.5, 0.6) is 0 Å². The van der Waals surface area contributed by atoms with Crippen molar-refractivity contribution in [1.82, 2.24) is 9.97 Å². The Hall–Kier alpha value is -1.88. The van der Waals surface area contributed by atoms with E-state index in [9.17, 15) is 14.1 Å². The standard InChI is InChI=1S/C19H25N5O3S2/c1-10-15(11-7-8-11)21-13-6-4-5-12(13)16(10)23-17(25)24-29(20,27)18-22-14(9-28-18)19(2,3)26/h9,11,26H,4-8H2,1-3H3,(H3,20,21,23,24,25,27)/t29-/m1/s1. The number of fused-ring (bicyclic) bond motifs is 1. The van der Waals surface area contributed by atoms with Crippen molar-refractivity contribution in [2.75, 3.05) is 5.32 Å². The number of carbonyl (C=O) groups excluding carboxylic acids is 1. The number of carbonyl (C=O) groups is 1. The third-order valence-corrected chi connectivity index (χ3v) is 7.95. The monoisotopic (exact) mass is 435 g/mol. The lowest BCUT2D eigenvalue weighted by Gasteiger charge is -2.16. The second-order valence-electron chi connectivity index (χ2n) is 8.20. The van der Waals surface area contributed by atoms with Crippen LogP contribution in [0.1, 0.15) is 67.2 Å². The molecule has 1 fully saturated rings. The van der Waals surface area contributed by atoms with Crippen LogP contribution in [0.4, 0.5) is 10.5 Å². The van der Waals surface area contributed by atoms with E-state index in [1.807, 2.05) is 6.92 Å². The molecule has 156 valence electrons. The highest BCUT2D eigenvalue weighted by Gasteiger charge is 2.31. The maximum atomic E-state index is 12.8. The average molecular weight is 436 g/mol. The van der Waals surface area contributed by atoms with Crippen molar-refractivity contribution < 1.29 is 14.1 Å².